The van der Waals surface area contributed by atoms with Gasteiger partial charge >= 0.3 is 0 Å². The van der Waals surface area contributed by atoms with Gasteiger partial charge < -0.3 is 10.4 Å². The minimum atomic E-state index is -0.939. The standard InChI is InChI=1S/C16H16Cl2N2O2/c17-12-7-11(8-13(18)9-12)15(21)10-16(22)20-6-4-14-3-1-2-5-19-14/h1-3,5,7-9,15,21H,4,6,10H2,(H,20,22). The van der Waals surface area contributed by atoms with Gasteiger partial charge in [0.2, 0.25) is 5.91 Å². The van der Waals surface area contributed by atoms with Crippen molar-refractivity contribution in [2.45, 2.75) is 18.9 Å². The number of carbonyl (C=O) groups excluding carboxylic acids is 1. The van der Waals surface area contributed by atoms with E-state index in [0.29, 0.717) is 28.6 Å². The van der Waals surface area contributed by atoms with Crippen molar-refractivity contribution in [2.75, 3.05) is 6.54 Å². The number of aliphatic hydroxyl groups is 1. The topological polar surface area (TPSA) is 62.2 Å². The molecule has 0 saturated carbocycles. The zero-order chi connectivity index (χ0) is 15.9. The molecule has 22 heavy (non-hydrogen) atoms. The first-order chi connectivity index (χ1) is 10.5. The predicted octanol–water partition coefficient (Wildman–Crippen LogP) is 3.17. The van der Waals surface area contributed by atoms with Crippen LogP contribution in [0.4, 0.5) is 0 Å². The Labute approximate surface area is 139 Å². The third kappa shape index (κ3) is 5.30. The molecule has 1 unspecified atom stereocenters. The summed E-state index contributed by atoms with van der Waals surface area (Å²) in [6, 6.07) is 10.4. The maximum Gasteiger partial charge on any atom is 0.222 e. The highest BCUT2D eigenvalue weighted by Crippen LogP contribution is 2.25. The molecule has 1 atom stereocenters. The van der Waals surface area contributed by atoms with Crippen LogP contribution in [-0.4, -0.2) is 22.5 Å². The lowest BCUT2D eigenvalue weighted by Gasteiger charge is -2.12. The number of hydrogen-bond donors (Lipinski definition) is 2. The van der Waals surface area contributed by atoms with E-state index in [9.17, 15) is 9.90 Å². The van der Waals surface area contributed by atoms with Gasteiger partial charge in [-0.05, 0) is 35.9 Å². The summed E-state index contributed by atoms with van der Waals surface area (Å²) in [5.41, 5.74) is 1.43. The number of nitrogens with zero attached hydrogens (tertiary/aromatic N) is 1. The summed E-state index contributed by atoms with van der Waals surface area (Å²) in [5.74, 6) is -0.237. The maximum atomic E-state index is 11.8. The number of carbonyl (C=O) groups is 1. The van der Waals surface area contributed by atoms with Gasteiger partial charge in [-0.15, -0.1) is 0 Å². The van der Waals surface area contributed by atoms with Gasteiger partial charge in [-0.25, -0.2) is 0 Å². The van der Waals surface area contributed by atoms with E-state index in [4.69, 9.17) is 23.2 Å². The van der Waals surface area contributed by atoms with Crippen LogP contribution in [0.3, 0.4) is 0 Å². The molecule has 2 aromatic rings. The van der Waals surface area contributed by atoms with Gasteiger partial charge in [0, 0.05) is 34.9 Å². The maximum absolute atomic E-state index is 11.8. The van der Waals surface area contributed by atoms with Gasteiger partial charge in [0.15, 0.2) is 0 Å². The molecule has 0 spiro atoms. The zero-order valence-corrected chi connectivity index (χ0v) is 13.3. The SMILES string of the molecule is O=C(CC(O)c1cc(Cl)cc(Cl)c1)NCCc1ccccn1. The van der Waals surface area contributed by atoms with Crippen LogP contribution in [0.25, 0.3) is 0 Å². The Morgan fingerprint density at radius 2 is 1.95 bits per heavy atom. The van der Waals surface area contributed by atoms with E-state index in [1.165, 1.54) is 0 Å². The number of hydrogen-bond acceptors (Lipinski definition) is 3. The normalized spacial score (nSPS) is 12.0. The Bertz CT molecular complexity index is 615. The number of aromatic nitrogens is 1. The molecular weight excluding hydrogens is 323 g/mol. The summed E-state index contributed by atoms with van der Waals surface area (Å²) in [5, 5.41) is 13.7. The molecule has 1 amide bonds. The first kappa shape index (κ1) is 16.7. The quantitative estimate of drug-likeness (QED) is 0.850. The van der Waals surface area contributed by atoms with Gasteiger partial charge in [0.05, 0.1) is 12.5 Å². The number of nitrogens with one attached hydrogen (secondary N) is 1. The second kappa shape index (κ2) is 8.13. The summed E-state index contributed by atoms with van der Waals surface area (Å²) in [6.07, 6.45) is 1.37. The van der Waals surface area contributed by atoms with E-state index in [2.05, 4.69) is 10.3 Å². The molecular formula is C16H16Cl2N2O2. The Balaban J connectivity index is 1.81. The van der Waals surface area contributed by atoms with E-state index in [1.54, 1.807) is 24.4 Å². The molecule has 1 aromatic heterocycles. The van der Waals surface area contributed by atoms with E-state index >= 15 is 0 Å². The van der Waals surface area contributed by atoms with Crippen molar-refractivity contribution in [3.63, 3.8) is 0 Å². The van der Waals surface area contributed by atoms with Crippen molar-refractivity contribution in [2.24, 2.45) is 0 Å². The van der Waals surface area contributed by atoms with Crippen molar-refractivity contribution in [3.05, 3.63) is 63.9 Å². The molecule has 0 radical (unpaired) electrons. The average Bonchev–Trinajstić information content (AvgIpc) is 2.47. The molecule has 0 aliphatic carbocycles. The first-order valence-electron chi connectivity index (χ1n) is 6.85. The van der Waals surface area contributed by atoms with Gasteiger partial charge in [-0.2, -0.15) is 0 Å². The second-order valence-corrected chi connectivity index (χ2v) is 5.72. The van der Waals surface area contributed by atoms with Crippen LogP contribution in [0, 0.1) is 0 Å². The summed E-state index contributed by atoms with van der Waals surface area (Å²) in [4.78, 5) is 16.0. The van der Waals surface area contributed by atoms with E-state index in [1.807, 2.05) is 18.2 Å². The highest BCUT2D eigenvalue weighted by atomic mass is 35.5. The Kier molecular flexibility index (Phi) is 6.19. The number of halogens is 2. The van der Waals surface area contributed by atoms with Crippen molar-refractivity contribution in [1.29, 1.82) is 0 Å². The van der Waals surface area contributed by atoms with Gasteiger partial charge in [0.25, 0.3) is 0 Å². The summed E-state index contributed by atoms with van der Waals surface area (Å²) in [6.45, 7) is 0.471. The Hall–Kier alpha value is -1.62. The third-order valence-corrected chi connectivity index (χ3v) is 3.51. The lowest BCUT2D eigenvalue weighted by Crippen LogP contribution is -2.27. The fraction of sp³-hybridized carbons (Fsp3) is 0.250. The van der Waals surface area contributed by atoms with Crippen molar-refractivity contribution in [1.82, 2.24) is 10.3 Å². The Morgan fingerprint density at radius 1 is 1.23 bits per heavy atom. The smallest absolute Gasteiger partial charge is 0.222 e. The van der Waals surface area contributed by atoms with Crippen LogP contribution in [0.5, 0.6) is 0 Å². The molecule has 0 saturated heterocycles. The van der Waals surface area contributed by atoms with Crippen LogP contribution < -0.4 is 5.32 Å². The molecule has 1 aromatic carbocycles. The van der Waals surface area contributed by atoms with Crippen molar-refractivity contribution in [3.8, 4) is 0 Å². The molecule has 0 aliphatic rings. The van der Waals surface area contributed by atoms with Crippen LogP contribution in [0.2, 0.25) is 10.0 Å². The zero-order valence-electron chi connectivity index (χ0n) is 11.8. The van der Waals surface area contributed by atoms with Crippen LogP contribution in [0.1, 0.15) is 23.8 Å². The number of rotatable bonds is 6. The molecule has 0 aliphatic heterocycles. The molecule has 2 N–H and O–H groups in total. The number of aliphatic hydroxyl groups excluding tert-OH is 1. The summed E-state index contributed by atoms with van der Waals surface area (Å²) >= 11 is 11.8. The minimum absolute atomic E-state index is 0.0428. The monoisotopic (exact) mass is 338 g/mol. The molecule has 0 fully saturated rings. The van der Waals surface area contributed by atoms with Crippen LogP contribution >= 0.6 is 23.2 Å². The third-order valence-electron chi connectivity index (χ3n) is 3.08. The number of amides is 1. The largest absolute Gasteiger partial charge is 0.388 e. The predicted molar refractivity (Wildman–Crippen MR) is 87.0 cm³/mol. The van der Waals surface area contributed by atoms with Crippen LogP contribution in [-0.2, 0) is 11.2 Å². The summed E-state index contributed by atoms with van der Waals surface area (Å²) < 4.78 is 0. The van der Waals surface area contributed by atoms with Gasteiger partial charge in [-0.1, -0.05) is 29.3 Å². The van der Waals surface area contributed by atoms with Crippen molar-refractivity contribution >= 4 is 29.1 Å². The van der Waals surface area contributed by atoms with Gasteiger partial charge in [0.1, 0.15) is 0 Å². The number of benzene rings is 1. The molecule has 4 nitrogen and oxygen atoms in total. The molecule has 0 bridgehead atoms. The fourth-order valence-corrected chi connectivity index (χ4v) is 2.55. The lowest BCUT2D eigenvalue weighted by molar-refractivity contribution is -0.123. The molecule has 1 heterocycles. The molecule has 6 heteroatoms. The summed E-state index contributed by atoms with van der Waals surface area (Å²) in [7, 11) is 0. The molecule has 116 valence electrons. The second-order valence-electron chi connectivity index (χ2n) is 4.84. The highest BCUT2D eigenvalue weighted by molar-refractivity contribution is 6.34. The minimum Gasteiger partial charge on any atom is -0.388 e. The number of pyridine rings is 1. The van der Waals surface area contributed by atoms with Crippen LogP contribution in [0.15, 0.2) is 42.6 Å². The average molecular weight is 339 g/mol. The van der Waals surface area contributed by atoms with E-state index in [0.717, 1.165) is 5.69 Å². The van der Waals surface area contributed by atoms with E-state index < -0.39 is 6.10 Å². The highest BCUT2D eigenvalue weighted by Gasteiger charge is 2.14. The van der Waals surface area contributed by atoms with Crippen molar-refractivity contribution < 1.29 is 9.90 Å². The lowest BCUT2D eigenvalue weighted by atomic mass is 10.1. The fourth-order valence-electron chi connectivity index (χ4n) is 2.01. The van der Waals surface area contributed by atoms with Gasteiger partial charge in [-0.3, -0.25) is 9.78 Å². The molecule has 2 rings (SSSR count). The first-order valence-corrected chi connectivity index (χ1v) is 7.61. The Morgan fingerprint density at radius 3 is 2.59 bits per heavy atom. The van der Waals surface area contributed by atoms with E-state index in [-0.39, 0.29) is 12.3 Å².